The van der Waals surface area contributed by atoms with Crippen LogP contribution in [0.4, 0.5) is 11.6 Å². The minimum atomic E-state index is 0.212. The van der Waals surface area contributed by atoms with Gasteiger partial charge in [0.15, 0.2) is 0 Å². The van der Waals surface area contributed by atoms with Crippen molar-refractivity contribution < 1.29 is 0 Å². The Morgan fingerprint density at radius 3 is 2.47 bits per heavy atom. The van der Waals surface area contributed by atoms with Crippen LogP contribution in [-0.2, 0) is 0 Å². The number of nitrogens with zero attached hydrogens (tertiary/aromatic N) is 2. The van der Waals surface area contributed by atoms with Crippen molar-refractivity contribution in [2.75, 3.05) is 17.2 Å². The van der Waals surface area contributed by atoms with Crippen LogP contribution in [0.3, 0.4) is 0 Å². The molecule has 0 aliphatic rings. The van der Waals surface area contributed by atoms with Crippen molar-refractivity contribution >= 4 is 11.6 Å². The Labute approximate surface area is 114 Å². The van der Waals surface area contributed by atoms with Crippen molar-refractivity contribution in [2.45, 2.75) is 26.8 Å². The van der Waals surface area contributed by atoms with Crippen LogP contribution in [0.1, 0.15) is 31.0 Å². The van der Waals surface area contributed by atoms with Gasteiger partial charge in [0.1, 0.15) is 18.0 Å². The average molecular weight is 256 g/mol. The Kier molecular flexibility index (Phi) is 4.34. The van der Waals surface area contributed by atoms with Crippen LogP contribution < -0.4 is 10.6 Å². The van der Waals surface area contributed by atoms with Gasteiger partial charge in [-0.3, -0.25) is 0 Å². The zero-order chi connectivity index (χ0) is 13.7. The van der Waals surface area contributed by atoms with E-state index in [0.29, 0.717) is 0 Å². The van der Waals surface area contributed by atoms with Gasteiger partial charge < -0.3 is 10.6 Å². The number of hydrogen-bond acceptors (Lipinski definition) is 4. The largest absolute Gasteiger partial charge is 0.370 e. The molecule has 4 heteroatoms. The average Bonchev–Trinajstić information content (AvgIpc) is 2.44. The first-order chi connectivity index (χ1) is 9.22. The second kappa shape index (κ2) is 6.18. The van der Waals surface area contributed by atoms with Crippen molar-refractivity contribution in [3.05, 3.63) is 47.8 Å². The van der Waals surface area contributed by atoms with Crippen LogP contribution in [0, 0.1) is 6.92 Å². The van der Waals surface area contributed by atoms with Crippen LogP contribution >= 0.6 is 0 Å². The van der Waals surface area contributed by atoms with Crippen molar-refractivity contribution in [3.63, 3.8) is 0 Å². The van der Waals surface area contributed by atoms with E-state index in [1.807, 2.05) is 25.1 Å². The molecule has 0 aliphatic carbocycles. The molecule has 1 aromatic heterocycles. The molecule has 0 fully saturated rings. The van der Waals surface area contributed by atoms with Gasteiger partial charge in [0.25, 0.3) is 0 Å². The number of anilines is 2. The summed E-state index contributed by atoms with van der Waals surface area (Å²) in [7, 11) is 0. The van der Waals surface area contributed by atoms with Gasteiger partial charge >= 0.3 is 0 Å². The Bertz CT molecular complexity index is 525. The fraction of sp³-hybridized carbons (Fsp3) is 0.333. The van der Waals surface area contributed by atoms with Crippen LogP contribution in [0.25, 0.3) is 0 Å². The molecular weight excluding hydrogens is 236 g/mol. The summed E-state index contributed by atoms with van der Waals surface area (Å²) >= 11 is 0. The number of aromatic nitrogens is 2. The molecule has 0 bridgehead atoms. The third kappa shape index (κ3) is 3.22. The predicted molar refractivity (Wildman–Crippen MR) is 79.4 cm³/mol. The molecule has 1 atom stereocenters. The zero-order valence-electron chi connectivity index (χ0n) is 11.6. The summed E-state index contributed by atoms with van der Waals surface area (Å²) in [5.74, 6) is 1.77. The molecule has 0 spiro atoms. The van der Waals surface area contributed by atoms with E-state index in [-0.39, 0.29) is 6.04 Å². The molecular formula is C15H20N4. The van der Waals surface area contributed by atoms with Crippen molar-refractivity contribution in [1.29, 1.82) is 0 Å². The van der Waals surface area contributed by atoms with Gasteiger partial charge in [-0.15, -0.1) is 0 Å². The molecule has 1 unspecified atom stereocenters. The molecule has 19 heavy (non-hydrogen) atoms. The third-order valence-electron chi connectivity index (χ3n) is 3.08. The molecule has 0 aliphatic heterocycles. The van der Waals surface area contributed by atoms with Crippen LogP contribution in [0.2, 0.25) is 0 Å². The van der Waals surface area contributed by atoms with Crippen LogP contribution in [0.15, 0.2) is 36.7 Å². The highest BCUT2D eigenvalue weighted by Crippen LogP contribution is 2.23. The van der Waals surface area contributed by atoms with Gasteiger partial charge in [-0.05, 0) is 26.3 Å². The maximum Gasteiger partial charge on any atom is 0.134 e. The SMILES string of the molecule is CCNc1ncnc(NC(C)c2ccccc2)c1C. The zero-order valence-corrected chi connectivity index (χ0v) is 11.6. The van der Waals surface area contributed by atoms with E-state index < -0.39 is 0 Å². The van der Waals surface area contributed by atoms with Crippen LogP contribution in [0.5, 0.6) is 0 Å². The lowest BCUT2D eigenvalue weighted by molar-refractivity contribution is 0.868. The summed E-state index contributed by atoms with van der Waals surface area (Å²) in [5, 5.41) is 6.67. The number of nitrogens with one attached hydrogen (secondary N) is 2. The first-order valence-corrected chi connectivity index (χ1v) is 6.59. The van der Waals surface area contributed by atoms with Gasteiger partial charge in [-0.1, -0.05) is 30.3 Å². The molecule has 0 saturated carbocycles. The molecule has 100 valence electrons. The Morgan fingerprint density at radius 2 is 1.79 bits per heavy atom. The lowest BCUT2D eigenvalue weighted by Gasteiger charge is -2.17. The monoisotopic (exact) mass is 256 g/mol. The highest BCUT2D eigenvalue weighted by Gasteiger charge is 2.10. The quantitative estimate of drug-likeness (QED) is 0.861. The number of benzene rings is 1. The van der Waals surface area contributed by atoms with Gasteiger partial charge in [0.2, 0.25) is 0 Å². The summed E-state index contributed by atoms with van der Waals surface area (Å²) in [6.07, 6.45) is 1.59. The normalized spacial score (nSPS) is 11.9. The summed E-state index contributed by atoms with van der Waals surface area (Å²) in [6.45, 7) is 7.06. The van der Waals surface area contributed by atoms with Crippen molar-refractivity contribution in [2.24, 2.45) is 0 Å². The summed E-state index contributed by atoms with van der Waals surface area (Å²) in [5.41, 5.74) is 2.29. The summed E-state index contributed by atoms with van der Waals surface area (Å²) in [4.78, 5) is 8.57. The fourth-order valence-electron chi connectivity index (χ4n) is 1.97. The molecule has 2 N–H and O–H groups in total. The maximum atomic E-state index is 4.32. The molecule has 2 rings (SSSR count). The van der Waals surface area contributed by atoms with E-state index in [1.165, 1.54) is 5.56 Å². The number of rotatable bonds is 5. The first kappa shape index (κ1) is 13.3. The third-order valence-corrected chi connectivity index (χ3v) is 3.08. The molecule has 0 amide bonds. The molecule has 0 saturated heterocycles. The lowest BCUT2D eigenvalue weighted by atomic mass is 10.1. The predicted octanol–water partition coefficient (Wildman–Crippen LogP) is 3.39. The minimum absolute atomic E-state index is 0.212. The first-order valence-electron chi connectivity index (χ1n) is 6.59. The standard InChI is InChI=1S/C15H20N4/c1-4-16-14-11(2)15(18-10-17-14)19-12(3)13-8-6-5-7-9-13/h5-10,12H,4H2,1-3H3,(H2,16,17,18,19). The maximum absolute atomic E-state index is 4.32. The Hall–Kier alpha value is -2.10. The fourth-order valence-corrected chi connectivity index (χ4v) is 1.97. The minimum Gasteiger partial charge on any atom is -0.370 e. The highest BCUT2D eigenvalue weighted by molar-refractivity contribution is 5.57. The Balaban J connectivity index is 2.17. The lowest BCUT2D eigenvalue weighted by Crippen LogP contribution is -2.11. The molecule has 1 heterocycles. The Morgan fingerprint density at radius 1 is 1.11 bits per heavy atom. The number of hydrogen-bond donors (Lipinski definition) is 2. The topological polar surface area (TPSA) is 49.8 Å². The highest BCUT2D eigenvalue weighted by atomic mass is 15.1. The molecule has 2 aromatic rings. The van der Waals surface area contributed by atoms with E-state index in [1.54, 1.807) is 6.33 Å². The van der Waals surface area contributed by atoms with E-state index in [2.05, 4.69) is 46.6 Å². The van der Waals surface area contributed by atoms with Crippen molar-refractivity contribution in [3.8, 4) is 0 Å². The second-order valence-corrected chi connectivity index (χ2v) is 4.50. The second-order valence-electron chi connectivity index (χ2n) is 4.50. The van der Waals surface area contributed by atoms with Crippen molar-refractivity contribution in [1.82, 2.24) is 9.97 Å². The van der Waals surface area contributed by atoms with E-state index in [0.717, 1.165) is 23.7 Å². The molecule has 4 nitrogen and oxygen atoms in total. The van der Waals surface area contributed by atoms with Gasteiger partial charge in [-0.2, -0.15) is 0 Å². The van der Waals surface area contributed by atoms with E-state index >= 15 is 0 Å². The van der Waals surface area contributed by atoms with E-state index in [9.17, 15) is 0 Å². The van der Waals surface area contributed by atoms with Gasteiger partial charge in [0.05, 0.1) is 0 Å². The summed E-state index contributed by atoms with van der Waals surface area (Å²) < 4.78 is 0. The summed E-state index contributed by atoms with van der Waals surface area (Å²) in [6, 6.07) is 10.5. The van der Waals surface area contributed by atoms with Crippen LogP contribution in [-0.4, -0.2) is 16.5 Å². The van der Waals surface area contributed by atoms with Gasteiger partial charge in [-0.25, -0.2) is 9.97 Å². The van der Waals surface area contributed by atoms with E-state index in [4.69, 9.17) is 0 Å². The molecule has 0 radical (unpaired) electrons. The smallest absolute Gasteiger partial charge is 0.134 e. The van der Waals surface area contributed by atoms with Gasteiger partial charge in [0, 0.05) is 18.2 Å². The molecule has 1 aromatic carbocycles.